The van der Waals surface area contributed by atoms with Gasteiger partial charge in [0.05, 0.1) is 5.69 Å². The van der Waals surface area contributed by atoms with E-state index >= 15 is 0 Å². The van der Waals surface area contributed by atoms with E-state index < -0.39 is 11.8 Å². The summed E-state index contributed by atoms with van der Waals surface area (Å²) in [4.78, 5) is 26.9. The topological polar surface area (TPSA) is 54.3 Å². The van der Waals surface area contributed by atoms with Gasteiger partial charge >= 0.3 is 0 Å². The quantitative estimate of drug-likeness (QED) is 0.416. The SMILES string of the molecule is O=C1NC(=S)N(c2cccc(Br)c2)C(=O)/C1=C\c1ccn(C2CCCCC2)c1. The molecule has 2 aliphatic rings. The first kappa shape index (κ1) is 19.1. The largest absolute Gasteiger partial charge is 0.351 e. The van der Waals surface area contributed by atoms with E-state index in [9.17, 15) is 9.59 Å². The lowest BCUT2D eigenvalue weighted by molar-refractivity contribution is -0.122. The highest BCUT2D eigenvalue weighted by Crippen LogP contribution is 2.29. The molecule has 0 spiro atoms. The third-order valence-electron chi connectivity index (χ3n) is 5.21. The Kier molecular flexibility index (Phi) is 5.46. The molecule has 144 valence electrons. The van der Waals surface area contributed by atoms with Gasteiger partial charge in [0.1, 0.15) is 5.57 Å². The van der Waals surface area contributed by atoms with Gasteiger partial charge in [-0.15, -0.1) is 0 Å². The van der Waals surface area contributed by atoms with E-state index in [1.165, 1.54) is 37.0 Å². The summed E-state index contributed by atoms with van der Waals surface area (Å²) in [7, 11) is 0. The fourth-order valence-electron chi connectivity index (χ4n) is 3.80. The van der Waals surface area contributed by atoms with Crippen LogP contribution in [0.5, 0.6) is 0 Å². The van der Waals surface area contributed by atoms with Crippen molar-refractivity contribution in [2.24, 2.45) is 0 Å². The molecule has 2 fully saturated rings. The second-order valence-electron chi connectivity index (χ2n) is 7.12. The fourth-order valence-corrected chi connectivity index (χ4v) is 4.46. The van der Waals surface area contributed by atoms with E-state index in [2.05, 4.69) is 25.8 Å². The lowest BCUT2D eigenvalue weighted by atomic mass is 9.95. The molecule has 1 N–H and O–H groups in total. The molecular weight excluding hydrogens is 438 g/mol. The van der Waals surface area contributed by atoms with Gasteiger partial charge in [0.2, 0.25) is 0 Å². The van der Waals surface area contributed by atoms with Gasteiger partial charge in [0, 0.05) is 22.9 Å². The predicted molar refractivity (Wildman–Crippen MR) is 117 cm³/mol. The fraction of sp³-hybridized carbons (Fsp3) is 0.286. The zero-order valence-electron chi connectivity index (χ0n) is 15.2. The maximum Gasteiger partial charge on any atom is 0.270 e. The number of anilines is 1. The van der Waals surface area contributed by atoms with Crippen LogP contribution in [0.4, 0.5) is 5.69 Å². The average molecular weight is 458 g/mol. The maximum absolute atomic E-state index is 13.1. The van der Waals surface area contributed by atoms with Gasteiger partial charge in [0.15, 0.2) is 5.11 Å². The van der Waals surface area contributed by atoms with Crippen LogP contribution in [-0.4, -0.2) is 21.5 Å². The van der Waals surface area contributed by atoms with Gasteiger partial charge in [-0.1, -0.05) is 41.3 Å². The van der Waals surface area contributed by atoms with Crippen LogP contribution in [0.3, 0.4) is 0 Å². The van der Waals surface area contributed by atoms with Gasteiger partial charge in [-0.25, -0.2) is 0 Å². The van der Waals surface area contributed by atoms with Crippen molar-refractivity contribution in [3.8, 4) is 0 Å². The number of rotatable bonds is 3. The van der Waals surface area contributed by atoms with Crippen LogP contribution in [0.25, 0.3) is 6.08 Å². The Balaban J connectivity index is 1.63. The normalized spacial score (nSPS) is 20.0. The van der Waals surface area contributed by atoms with Gasteiger partial charge in [-0.2, -0.15) is 0 Å². The third kappa shape index (κ3) is 3.82. The van der Waals surface area contributed by atoms with Gasteiger partial charge in [-0.05, 0) is 61.0 Å². The van der Waals surface area contributed by atoms with Crippen LogP contribution in [0.2, 0.25) is 0 Å². The first-order valence-electron chi connectivity index (χ1n) is 9.37. The number of amides is 2. The first-order valence-corrected chi connectivity index (χ1v) is 10.6. The van der Waals surface area contributed by atoms with Crippen molar-refractivity contribution in [3.05, 3.63) is 58.3 Å². The minimum atomic E-state index is -0.466. The predicted octanol–water partition coefficient (Wildman–Crippen LogP) is 4.59. The van der Waals surface area contributed by atoms with Crippen LogP contribution < -0.4 is 10.2 Å². The van der Waals surface area contributed by atoms with Crippen molar-refractivity contribution in [2.75, 3.05) is 4.90 Å². The van der Waals surface area contributed by atoms with Crippen LogP contribution in [0.1, 0.15) is 43.7 Å². The molecule has 1 saturated carbocycles. The van der Waals surface area contributed by atoms with Crippen molar-refractivity contribution < 1.29 is 9.59 Å². The second kappa shape index (κ2) is 8.01. The highest BCUT2D eigenvalue weighted by Gasteiger charge is 2.34. The third-order valence-corrected chi connectivity index (χ3v) is 5.99. The Hall–Kier alpha value is -2.25. The summed E-state index contributed by atoms with van der Waals surface area (Å²) in [5.74, 6) is -0.885. The van der Waals surface area contributed by atoms with E-state index in [0.29, 0.717) is 11.7 Å². The molecule has 1 aromatic heterocycles. The van der Waals surface area contributed by atoms with Crippen molar-refractivity contribution in [3.63, 3.8) is 0 Å². The minimum Gasteiger partial charge on any atom is -0.351 e. The highest BCUT2D eigenvalue weighted by molar-refractivity contribution is 9.10. The number of nitrogens with one attached hydrogen (secondary N) is 1. The van der Waals surface area contributed by atoms with Gasteiger partial charge in [-0.3, -0.25) is 19.8 Å². The Bertz CT molecular complexity index is 976. The van der Waals surface area contributed by atoms with E-state index in [0.717, 1.165) is 10.0 Å². The number of aromatic nitrogens is 1. The Morgan fingerprint density at radius 3 is 2.68 bits per heavy atom. The molecule has 1 aliphatic heterocycles. The van der Waals surface area contributed by atoms with E-state index in [1.807, 2.05) is 30.6 Å². The number of thiocarbonyl (C=S) groups is 1. The Morgan fingerprint density at radius 2 is 1.93 bits per heavy atom. The molecule has 0 bridgehead atoms. The molecule has 1 saturated heterocycles. The van der Waals surface area contributed by atoms with E-state index in [1.54, 1.807) is 18.2 Å². The van der Waals surface area contributed by atoms with Crippen LogP contribution >= 0.6 is 28.1 Å². The summed E-state index contributed by atoms with van der Waals surface area (Å²) in [5, 5.41) is 2.71. The average Bonchev–Trinajstić information content (AvgIpc) is 3.14. The molecule has 28 heavy (non-hydrogen) atoms. The molecule has 2 amide bonds. The monoisotopic (exact) mass is 457 g/mol. The number of carbonyl (C=O) groups is 2. The molecule has 4 rings (SSSR count). The molecule has 5 nitrogen and oxygen atoms in total. The molecule has 2 heterocycles. The summed E-state index contributed by atoms with van der Waals surface area (Å²) in [6, 6.07) is 9.70. The van der Waals surface area contributed by atoms with E-state index in [4.69, 9.17) is 12.2 Å². The van der Waals surface area contributed by atoms with E-state index in [-0.39, 0.29) is 10.7 Å². The zero-order valence-corrected chi connectivity index (χ0v) is 17.6. The Morgan fingerprint density at radius 1 is 1.14 bits per heavy atom. The number of carbonyl (C=O) groups excluding carboxylic acids is 2. The maximum atomic E-state index is 13.1. The number of hydrogen-bond acceptors (Lipinski definition) is 3. The molecule has 2 aromatic rings. The number of hydrogen-bond donors (Lipinski definition) is 1. The summed E-state index contributed by atoms with van der Waals surface area (Å²) >= 11 is 8.64. The summed E-state index contributed by atoms with van der Waals surface area (Å²) in [6.07, 6.45) is 11.8. The van der Waals surface area contributed by atoms with Crippen molar-refractivity contribution in [1.29, 1.82) is 0 Å². The van der Waals surface area contributed by atoms with Crippen molar-refractivity contribution >= 4 is 56.8 Å². The molecule has 1 aliphatic carbocycles. The number of nitrogens with zero attached hydrogens (tertiary/aromatic N) is 2. The number of benzene rings is 1. The zero-order chi connectivity index (χ0) is 19.7. The first-order chi connectivity index (χ1) is 13.5. The van der Waals surface area contributed by atoms with Crippen LogP contribution in [-0.2, 0) is 9.59 Å². The summed E-state index contributed by atoms with van der Waals surface area (Å²) in [6.45, 7) is 0. The van der Waals surface area contributed by atoms with Gasteiger partial charge in [0.25, 0.3) is 11.8 Å². The molecule has 7 heteroatoms. The second-order valence-corrected chi connectivity index (χ2v) is 8.42. The van der Waals surface area contributed by atoms with Crippen molar-refractivity contribution in [2.45, 2.75) is 38.1 Å². The summed E-state index contributed by atoms with van der Waals surface area (Å²) in [5.41, 5.74) is 1.52. The standard InChI is InChI=1S/C21H20BrN3O2S/c22-15-5-4-8-17(12-15)25-20(27)18(19(26)23-21(25)28)11-14-9-10-24(13-14)16-6-2-1-3-7-16/h4-5,8-13,16H,1-3,6-7H2,(H,23,26,28)/b18-11-. The lowest BCUT2D eigenvalue weighted by Gasteiger charge is -2.29. The van der Waals surface area contributed by atoms with Gasteiger partial charge < -0.3 is 4.57 Å². The molecule has 1 aromatic carbocycles. The number of halogens is 1. The molecule has 0 atom stereocenters. The highest BCUT2D eigenvalue weighted by atomic mass is 79.9. The van der Waals surface area contributed by atoms with Crippen molar-refractivity contribution in [1.82, 2.24) is 9.88 Å². The lowest BCUT2D eigenvalue weighted by Crippen LogP contribution is -2.54. The molecule has 0 radical (unpaired) electrons. The Labute approximate surface area is 177 Å². The summed E-state index contributed by atoms with van der Waals surface area (Å²) < 4.78 is 3.03. The minimum absolute atomic E-state index is 0.0787. The smallest absolute Gasteiger partial charge is 0.270 e. The molecule has 0 unspecified atom stereocenters. The molecular formula is C21H20BrN3O2S. The van der Waals surface area contributed by atoms with Crippen LogP contribution in [0.15, 0.2) is 52.8 Å². The van der Waals surface area contributed by atoms with Crippen LogP contribution in [0, 0.1) is 0 Å².